The van der Waals surface area contributed by atoms with Crippen LogP contribution in [0.5, 0.6) is 0 Å². The number of hydrogen-bond donors (Lipinski definition) is 2. The molecule has 0 aromatic heterocycles. The van der Waals surface area contributed by atoms with Crippen LogP contribution in [0.25, 0.3) is 0 Å². The fourth-order valence-corrected chi connectivity index (χ4v) is 3.69. The van der Waals surface area contributed by atoms with Crippen molar-refractivity contribution in [3.05, 3.63) is 63.9 Å². The van der Waals surface area contributed by atoms with Crippen LogP contribution in [0.15, 0.2) is 41.4 Å². The minimum absolute atomic E-state index is 0.142. The van der Waals surface area contributed by atoms with Crippen LogP contribution in [0.4, 0.5) is 14.9 Å². The molecule has 0 atom stereocenters. The van der Waals surface area contributed by atoms with Gasteiger partial charge in [-0.15, -0.1) is 4.99 Å². The van der Waals surface area contributed by atoms with E-state index in [1.54, 1.807) is 0 Å². The van der Waals surface area contributed by atoms with E-state index < -0.39 is 17.9 Å². The number of nitriles is 1. The van der Waals surface area contributed by atoms with Gasteiger partial charge in [0.1, 0.15) is 12.7 Å². The molecule has 2 aromatic carbocycles. The fraction of sp³-hybridized carbons (Fsp3) is 0.286. The van der Waals surface area contributed by atoms with Gasteiger partial charge in [-0.25, -0.2) is 9.18 Å². The van der Waals surface area contributed by atoms with Crippen molar-refractivity contribution in [3.8, 4) is 6.07 Å². The van der Waals surface area contributed by atoms with E-state index in [9.17, 15) is 10.1 Å². The topological polar surface area (TPSA) is 118 Å². The first-order chi connectivity index (χ1) is 14.4. The summed E-state index contributed by atoms with van der Waals surface area (Å²) in [6.45, 7) is 0.841. The summed E-state index contributed by atoms with van der Waals surface area (Å²) in [5.41, 5.74) is 12.0. The number of nitrogens with zero attached hydrogens (tertiary/aromatic N) is 3. The normalized spacial score (nSPS) is 14.1. The van der Waals surface area contributed by atoms with Gasteiger partial charge in [0.05, 0.1) is 11.3 Å². The van der Waals surface area contributed by atoms with Crippen molar-refractivity contribution >= 4 is 29.3 Å². The molecule has 1 aliphatic heterocycles. The predicted octanol–water partition coefficient (Wildman–Crippen LogP) is 3.64. The number of nitrogens with two attached hydrogens (primary N) is 2. The molecule has 1 heterocycles. The van der Waals surface area contributed by atoms with E-state index in [4.69, 9.17) is 27.8 Å². The van der Waals surface area contributed by atoms with Crippen LogP contribution in [0.1, 0.15) is 35.4 Å². The number of anilines is 1. The molecule has 7 nitrogen and oxygen atoms in total. The lowest BCUT2D eigenvalue weighted by molar-refractivity contribution is 0.149. The third-order valence-electron chi connectivity index (χ3n) is 5.04. The number of hydrogen-bond acceptors (Lipinski definition) is 4. The molecule has 156 valence electrons. The summed E-state index contributed by atoms with van der Waals surface area (Å²) in [6.07, 6.45) is 0.620. The van der Waals surface area contributed by atoms with Gasteiger partial charge in [-0.2, -0.15) is 5.26 Å². The number of ether oxygens (including phenoxy) is 1. The molecule has 30 heavy (non-hydrogen) atoms. The highest BCUT2D eigenvalue weighted by Crippen LogP contribution is 2.34. The van der Waals surface area contributed by atoms with Crippen molar-refractivity contribution in [2.45, 2.75) is 25.4 Å². The molecule has 1 aliphatic rings. The molecule has 0 bridgehead atoms. The van der Waals surface area contributed by atoms with Gasteiger partial charge in [0.25, 0.3) is 0 Å². The van der Waals surface area contributed by atoms with Gasteiger partial charge in [-0.05, 0) is 42.5 Å². The monoisotopic (exact) mass is 429 g/mol. The Morgan fingerprint density at radius 3 is 2.50 bits per heavy atom. The molecule has 0 aliphatic carbocycles. The van der Waals surface area contributed by atoms with Gasteiger partial charge in [-0.1, -0.05) is 29.8 Å². The highest BCUT2D eigenvalue weighted by atomic mass is 35.5. The van der Waals surface area contributed by atoms with Crippen molar-refractivity contribution < 1.29 is 13.9 Å². The van der Waals surface area contributed by atoms with E-state index in [1.165, 1.54) is 17.7 Å². The Balaban J connectivity index is 1.75. The van der Waals surface area contributed by atoms with E-state index in [0.29, 0.717) is 24.0 Å². The largest absolute Gasteiger partial charge is 0.443 e. The molecule has 1 fully saturated rings. The Morgan fingerprint density at radius 2 is 1.90 bits per heavy atom. The molecule has 9 heteroatoms. The Morgan fingerprint density at radius 1 is 1.23 bits per heavy atom. The Kier molecular flexibility index (Phi) is 6.75. The van der Waals surface area contributed by atoms with Crippen LogP contribution in [0.3, 0.4) is 0 Å². The van der Waals surface area contributed by atoms with Crippen molar-refractivity contribution in [1.29, 1.82) is 5.26 Å². The van der Waals surface area contributed by atoms with Crippen molar-refractivity contribution in [2.75, 3.05) is 18.0 Å². The maximum atomic E-state index is 15.2. The van der Waals surface area contributed by atoms with Crippen molar-refractivity contribution in [1.82, 2.24) is 0 Å². The Hall–Kier alpha value is -3.31. The third-order valence-corrected chi connectivity index (χ3v) is 5.29. The number of benzene rings is 2. The number of halogens is 2. The summed E-state index contributed by atoms with van der Waals surface area (Å²) in [5, 5.41) is 10.1. The van der Waals surface area contributed by atoms with Gasteiger partial charge < -0.3 is 21.1 Å². The quantitative estimate of drug-likeness (QED) is 0.565. The molecule has 1 saturated heterocycles. The highest BCUT2D eigenvalue weighted by Gasteiger charge is 2.26. The van der Waals surface area contributed by atoms with E-state index in [0.717, 1.165) is 12.8 Å². The molecule has 0 spiro atoms. The first kappa shape index (κ1) is 21.4. The lowest BCUT2D eigenvalue weighted by Crippen LogP contribution is -2.34. The first-order valence-corrected chi connectivity index (χ1v) is 9.75. The number of guanidine groups is 1. The maximum Gasteiger partial charge on any atom is 0.437 e. The van der Waals surface area contributed by atoms with Crippen molar-refractivity contribution in [3.63, 3.8) is 0 Å². The van der Waals surface area contributed by atoms with E-state index in [1.807, 2.05) is 35.2 Å². The molecule has 2 aromatic rings. The molecular formula is C21H21ClFN5O2. The average molecular weight is 430 g/mol. The van der Waals surface area contributed by atoms with Crippen LogP contribution in [0, 0.1) is 17.1 Å². The van der Waals surface area contributed by atoms with Crippen LogP contribution >= 0.6 is 11.6 Å². The summed E-state index contributed by atoms with van der Waals surface area (Å²) in [4.78, 5) is 16.6. The van der Waals surface area contributed by atoms with Gasteiger partial charge in [0, 0.05) is 23.7 Å². The molecule has 0 saturated carbocycles. The number of carbonyl (C=O) groups excluding carboxylic acids is 1. The summed E-state index contributed by atoms with van der Waals surface area (Å²) in [7, 11) is 0. The summed E-state index contributed by atoms with van der Waals surface area (Å²) < 4.78 is 20.1. The van der Waals surface area contributed by atoms with E-state index in [-0.39, 0.29) is 23.4 Å². The lowest BCUT2D eigenvalue weighted by Gasteiger charge is -2.34. The lowest BCUT2D eigenvalue weighted by atomic mass is 9.89. The minimum atomic E-state index is -1.01. The van der Waals surface area contributed by atoms with Gasteiger partial charge in [0.2, 0.25) is 0 Å². The zero-order chi connectivity index (χ0) is 21.7. The molecule has 3 rings (SSSR count). The fourth-order valence-electron chi connectivity index (χ4n) is 3.57. The summed E-state index contributed by atoms with van der Waals surface area (Å²) in [5.74, 6) is -0.683. The molecule has 4 N–H and O–H groups in total. The second-order valence-electron chi connectivity index (χ2n) is 6.95. The zero-order valence-corrected chi connectivity index (χ0v) is 16.9. The van der Waals surface area contributed by atoms with Crippen LogP contribution < -0.4 is 16.4 Å². The first-order valence-electron chi connectivity index (χ1n) is 9.37. The number of piperidine rings is 1. The molecule has 0 unspecified atom stereocenters. The summed E-state index contributed by atoms with van der Waals surface area (Å²) >= 11 is 5.96. The minimum Gasteiger partial charge on any atom is -0.443 e. The van der Waals surface area contributed by atoms with E-state index in [2.05, 4.69) is 4.99 Å². The predicted molar refractivity (Wildman–Crippen MR) is 113 cm³/mol. The van der Waals surface area contributed by atoms with Gasteiger partial charge in [-0.3, -0.25) is 0 Å². The van der Waals surface area contributed by atoms with Crippen LogP contribution in [-0.4, -0.2) is 25.1 Å². The molecule has 1 amide bonds. The second kappa shape index (κ2) is 9.46. The molecule has 0 radical (unpaired) electrons. The van der Waals surface area contributed by atoms with Crippen molar-refractivity contribution in [2.24, 2.45) is 16.5 Å². The van der Waals surface area contributed by atoms with Crippen LogP contribution in [0.2, 0.25) is 5.02 Å². The standard InChI is InChI=1S/C21H21ClFN5O2/c22-17-5-3-13(4-6-17)14-7-9-28(10-8-14)19-15(11-24)1-2-16(18(19)23)12-30-21(29)27-20(25)26/h1-6,14H,7-10,12H2,(H4,25,26,27,29). The van der Waals surface area contributed by atoms with Gasteiger partial charge in [0.15, 0.2) is 11.8 Å². The number of carbonyl (C=O) groups is 1. The van der Waals surface area contributed by atoms with Crippen LogP contribution in [-0.2, 0) is 11.3 Å². The molecular weight excluding hydrogens is 409 g/mol. The number of rotatable bonds is 4. The second-order valence-corrected chi connectivity index (χ2v) is 7.39. The Labute approximate surface area is 178 Å². The third kappa shape index (κ3) is 4.99. The number of aliphatic imine (C=N–C) groups is 1. The highest BCUT2D eigenvalue weighted by molar-refractivity contribution is 6.30. The number of amides is 1. The Bertz CT molecular complexity index is 992. The average Bonchev–Trinajstić information content (AvgIpc) is 2.73. The summed E-state index contributed by atoms with van der Waals surface area (Å²) in [6, 6.07) is 12.7. The SMILES string of the molecule is N#Cc1ccc(COC(=O)N=C(N)N)c(F)c1N1CCC(c2ccc(Cl)cc2)CC1. The maximum absolute atomic E-state index is 15.2. The zero-order valence-electron chi connectivity index (χ0n) is 16.1. The van der Waals surface area contributed by atoms with Gasteiger partial charge >= 0.3 is 6.09 Å². The smallest absolute Gasteiger partial charge is 0.437 e. The van der Waals surface area contributed by atoms with E-state index >= 15 is 4.39 Å².